The van der Waals surface area contributed by atoms with Crippen LogP contribution in [0.5, 0.6) is 0 Å². The van der Waals surface area contributed by atoms with Gasteiger partial charge in [-0.3, -0.25) is 17.9 Å². The van der Waals surface area contributed by atoms with Crippen molar-refractivity contribution in [2.75, 3.05) is 43.3 Å². The Bertz CT molecular complexity index is 10600. The Kier molecular flexibility index (Phi) is 17.7. The van der Waals surface area contributed by atoms with E-state index in [9.17, 15) is 0 Å². The molecule has 19 nitrogen and oxygen atoms in total. The van der Waals surface area contributed by atoms with Gasteiger partial charge in [0, 0.05) is 93.3 Å². The van der Waals surface area contributed by atoms with E-state index in [2.05, 4.69) is 509 Å². The largest absolute Gasteiger partial charge is 0.520 e. The maximum atomic E-state index is 6.28. The summed E-state index contributed by atoms with van der Waals surface area (Å²) in [6.45, 7) is 0. The molecular formula is C126H79B3N18OS2. The van der Waals surface area contributed by atoms with Gasteiger partial charge in [0.25, 0.3) is 0 Å². The lowest BCUT2D eigenvalue weighted by atomic mass is 9.86. The predicted octanol–water partition coefficient (Wildman–Crippen LogP) is 32.4. The molecule has 6 aliphatic rings. The molecular weight excluding hydrogens is 1880 g/mol. The maximum Gasteiger partial charge on any atom is 0.520 e. The normalized spacial score (nSPS) is 13.7. The molecule has 700 valence electrons. The fourth-order valence-corrected chi connectivity index (χ4v) is 27.3. The summed E-state index contributed by atoms with van der Waals surface area (Å²) in [6, 6.07) is 167. The molecule has 29 aromatic rings. The minimum atomic E-state index is -0.249. The number of rotatable bonds is 9. The highest BCUT2D eigenvalue weighted by Gasteiger charge is 2.58. The molecule has 0 amide bonds. The molecule has 0 saturated heterocycles. The zero-order chi connectivity index (χ0) is 97.8. The summed E-state index contributed by atoms with van der Waals surface area (Å²) >= 11 is 3.65. The minimum Gasteiger partial charge on any atom is -0.423 e. The number of nitrogens with zero attached hydrogens (tertiary/aromatic N) is 18. The Morgan fingerprint density at radius 3 is 1.18 bits per heavy atom. The Morgan fingerprint density at radius 1 is 0.207 bits per heavy atom. The van der Waals surface area contributed by atoms with Crippen LogP contribution in [0.25, 0.3) is 157 Å². The van der Waals surface area contributed by atoms with E-state index in [4.69, 9.17) is 24.4 Å². The number of pyridine rings is 2. The van der Waals surface area contributed by atoms with E-state index >= 15 is 0 Å². The molecule has 0 atom stereocenters. The van der Waals surface area contributed by atoms with Crippen LogP contribution in [-0.2, 0) is 0 Å². The lowest BCUT2D eigenvalue weighted by molar-refractivity contribution is 0.643. The molecule has 0 N–H and O–H groups in total. The highest BCUT2D eigenvalue weighted by Crippen LogP contribution is 2.62. The highest BCUT2D eigenvalue weighted by atomic mass is 32.1. The van der Waals surface area contributed by atoms with Crippen molar-refractivity contribution in [1.29, 1.82) is 0 Å². The lowest BCUT2D eigenvalue weighted by Gasteiger charge is -2.32. The maximum absolute atomic E-state index is 6.28. The van der Waals surface area contributed by atoms with Gasteiger partial charge in [-0.15, -0.1) is 22.7 Å². The molecule has 16 heterocycles. The first-order valence-electron chi connectivity index (χ1n) is 50.6. The quantitative estimate of drug-likeness (QED) is 0.128. The van der Waals surface area contributed by atoms with Crippen molar-refractivity contribution in [2.24, 2.45) is 0 Å². The van der Waals surface area contributed by atoms with Crippen LogP contribution in [0, 0.1) is 0 Å². The van der Waals surface area contributed by atoms with Crippen molar-refractivity contribution in [1.82, 2.24) is 42.4 Å². The van der Waals surface area contributed by atoms with Crippen LogP contribution in [0.1, 0.15) is 0 Å². The van der Waals surface area contributed by atoms with E-state index in [1.807, 2.05) is 59.3 Å². The van der Waals surface area contributed by atoms with E-state index < -0.39 is 0 Å². The fourth-order valence-electron chi connectivity index (χ4n) is 25.0. The lowest BCUT2D eigenvalue weighted by Crippen LogP contribution is -2.51. The van der Waals surface area contributed by atoms with Gasteiger partial charge in [-0.1, -0.05) is 237 Å². The first-order chi connectivity index (χ1) is 74.5. The summed E-state index contributed by atoms with van der Waals surface area (Å²) in [5.41, 5.74) is 34.5. The van der Waals surface area contributed by atoms with Gasteiger partial charge in [0.2, 0.25) is 5.78 Å². The fraction of sp³-hybridized carbons (Fsp3) is 0. The molecule has 0 fully saturated rings. The Balaban J connectivity index is 0.0000000977. The molecule has 0 bridgehead atoms. The summed E-state index contributed by atoms with van der Waals surface area (Å²) in [6.07, 6.45) is 3.94. The molecule has 10 aromatic heterocycles. The van der Waals surface area contributed by atoms with Gasteiger partial charge in [0.05, 0.1) is 144 Å². The van der Waals surface area contributed by atoms with Crippen LogP contribution in [0.2, 0.25) is 0 Å². The van der Waals surface area contributed by atoms with Crippen LogP contribution in [0.15, 0.2) is 484 Å². The standard InChI is InChI=1S/C44H27BN8O.2C41H26BN5S/c1-2-16-31-30(15-1)46-43-48(32-17-3-4-18-33(32)49(31)43)28-13-11-14-29(27-28)51-34-19-5-6-20-35(34)52-36-21-7-8-22-37(36)53(45(51)52)40-25-12-24-39-42(40)47-44-50(39)38-23-9-10-26-41(38)54-44;1-2-12-27(13-3-1)45-37-23-22-28(44-33-17-7-4-14-29(33)30-15-5-8-18-34(30)44)26-38(37)46-35-19-9-10-20-36(35)47(42(45)46)41-40-32(24-25-43-41)31-16-6-11-21-39(31)48-40;1-2-12-27(13-3-1)45-35-18-8-10-20-37(35)47-38-21-11-9-19-36(38)46(42(45)47)28-22-23-39-32(26-28)31-24-25-43-41(40(31)48-39)44-33-16-6-4-14-29(33)30-15-5-7-17-34(30)44/h1-27H;2*1-26H. The van der Waals surface area contributed by atoms with E-state index in [0.29, 0.717) is 5.84 Å². The summed E-state index contributed by atoms with van der Waals surface area (Å²) in [5.74, 6) is 3.42. The Morgan fingerprint density at radius 2 is 0.587 bits per heavy atom. The number of fused-ring (bicyclic) bond motifs is 37. The SMILES string of the molecule is c1cc(N2B3N(c4ccccc42)c2ccccc2N3c2cccc3c2nc2oc4ccccc4n23)cc(-n2c3ccccc3n3c4ccccc4nc23)c1.c1ccc(N2B3N(c4cc(-n5c6ccccc6c6ccccc65)ccc42)c2ccccc2N3c2nccc3c2sc2ccccc23)cc1.c1ccc(N2B3N(c4ccc5sc6c(-n7c8ccccc8c8ccccc87)nccc6c5c4)c4ccccc4N3c3ccccc32)cc1. The second-order valence-electron chi connectivity index (χ2n) is 38.8. The first-order valence-corrected chi connectivity index (χ1v) is 52.3. The molecule has 0 unspecified atom stereocenters. The Labute approximate surface area is 866 Å². The van der Waals surface area contributed by atoms with E-state index in [1.165, 1.54) is 129 Å². The third-order valence-corrected chi connectivity index (χ3v) is 33.4. The number of oxazole rings is 1. The predicted molar refractivity (Wildman–Crippen MR) is 623 cm³/mol. The number of aromatic nitrogens is 9. The van der Waals surface area contributed by atoms with Crippen LogP contribution < -0.4 is 43.3 Å². The van der Waals surface area contributed by atoms with Crippen molar-refractivity contribution >= 4 is 286 Å². The monoisotopic (exact) mass is 1960 g/mol. The van der Waals surface area contributed by atoms with Crippen LogP contribution in [0.3, 0.4) is 0 Å². The average Bonchev–Trinajstić information content (AvgIpc) is 1.53. The van der Waals surface area contributed by atoms with E-state index in [1.54, 1.807) is 0 Å². The molecule has 150 heavy (non-hydrogen) atoms. The van der Waals surface area contributed by atoms with Gasteiger partial charge < -0.3 is 52.3 Å². The third kappa shape index (κ3) is 11.7. The highest BCUT2D eigenvalue weighted by molar-refractivity contribution is 7.26. The summed E-state index contributed by atoms with van der Waals surface area (Å²) < 4.78 is 22.6. The molecule has 6 aliphatic heterocycles. The van der Waals surface area contributed by atoms with Gasteiger partial charge in [-0.2, -0.15) is 4.98 Å². The second-order valence-corrected chi connectivity index (χ2v) is 40.9. The van der Waals surface area contributed by atoms with Crippen LogP contribution in [-0.4, -0.2) is 63.8 Å². The number of para-hydroxylation sites is 23. The molecule has 35 rings (SSSR count). The number of benzene rings is 19. The minimum absolute atomic E-state index is 0.0839. The molecule has 0 saturated carbocycles. The van der Waals surface area contributed by atoms with Gasteiger partial charge in [-0.05, 0) is 231 Å². The molecule has 0 spiro atoms. The summed E-state index contributed by atoms with van der Waals surface area (Å²) in [4.78, 5) is 42.7. The molecule has 19 aromatic carbocycles. The van der Waals surface area contributed by atoms with E-state index in [0.717, 1.165) is 124 Å². The zero-order valence-electron chi connectivity index (χ0n) is 80.1. The number of thiophene rings is 2. The van der Waals surface area contributed by atoms with Gasteiger partial charge in [0.15, 0.2) is 11.4 Å². The van der Waals surface area contributed by atoms with Crippen molar-refractivity contribution in [2.45, 2.75) is 0 Å². The van der Waals surface area contributed by atoms with Crippen molar-refractivity contribution in [3.8, 4) is 17.2 Å². The van der Waals surface area contributed by atoms with Crippen molar-refractivity contribution < 1.29 is 4.42 Å². The molecule has 0 aliphatic carbocycles. The number of hydrogen-bond acceptors (Lipinski definition) is 16. The summed E-state index contributed by atoms with van der Waals surface area (Å²) in [5, 5.41) is 10.00. The van der Waals surface area contributed by atoms with Crippen molar-refractivity contribution in [3.05, 3.63) is 480 Å². The zero-order valence-corrected chi connectivity index (χ0v) is 81.8. The number of hydrogen-bond donors (Lipinski definition) is 0. The number of anilines is 18. The molecule has 24 heteroatoms. The van der Waals surface area contributed by atoms with Gasteiger partial charge in [-0.25, -0.2) is 15.0 Å². The first kappa shape index (κ1) is 82.8. The van der Waals surface area contributed by atoms with Gasteiger partial charge in [0.1, 0.15) is 11.3 Å². The van der Waals surface area contributed by atoms with E-state index in [-0.39, 0.29) is 21.4 Å². The topological polar surface area (TPSA) is 117 Å². The van der Waals surface area contributed by atoms with Crippen LogP contribution >= 0.6 is 22.7 Å². The Hall–Kier alpha value is -19.5. The molecule has 0 radical (unpaired) electrons. The average molecular weight is 1960 g/mol. The smallest absolute Gasteiger partial charge is 0.423 e. The number of imidazole rings is 3. The van der Waals surface area contributed by atoms with Gasteiger partial charge >= 0.3 is 27.2 Å². The van der Waals surface area contributed by atoms with Crippen molar-refractivity contribution in [3.63, 3.8) is 0 Å². The summed E-state index contributed by atoms with van der Waals surface area (Å²) in [7, 11) is -0.517. The second kappa shape index (κ2) is 32.0. The van der Waals surface area contributed by atoms with Crippen LogP contribution in [0.4, 0.5) is 103 Å². The third-order valence-electron chi connectivity index (χ3n) is 31.1.